The summed E-state index contributed by atoms with van der Waals surface area (Å²) in [5, 5.41) is 5.19. The molecule has 0 saturated heterocycles. The molecule has 2 aromatic carbocycles. The van der Waals surface area contributed by atoms with Crippen LogP contribution in [-0.4, -0.2) is 30.4 Å². The van der Waals surface area contributed by atoms with Crippen LogP contribution in [0.3, 0.4) is 0 Å². The molecule has 0 radical (unpaired) electrons. The number of rotatable bonds is 6. The minimum Gasteiger partial charge on any atom is -0.451 e. The average Bonchev–Trinajstić information content (AvgIpc) is 2.67. The third-order valence-corrected chi connectivity index (χ3v) is 4.40. The molecule has 0 spiro atoms. The summed E-state index contributed by atoms with van der Waals surface area (Å²) in [4.78, 5) is 36.3. The van der Waals surface area contributed by atoms with Crippen molar-refractivity contribution < 1.29 is 19.1 Å². The first kappa shape index (κ1) is 22.1. The summed E-state index contributed by atoms with van der Waals surface area (Å²) in [6.45, 7) is 9.39. The van der Waals surface area contributed by atoms with Crippen LogP contribution in [0.15, 0.2) is 48.5 Å². The highest BCUT2D eigenvalue weighted by atomic mass is 16.5. The van der Waals surface area contributed by atoms with Gasteiger partial charge >= 0.3 is 5.97 Å². The number of benzene rings is 2. The average molecular weight is 396 g/mol. The predicted molar refractivity (Wildman–Crippen MR) is 113 cm³/mol. The van der Waals surface area contributed by atoms with Gasteiger partial charge < -0.3 is 15.4 Å². The Labute approximate surface area is 171 Å². The van der Waals surface area contributed by atoms with Gasteiger partial charge in [-0.15, -0.1) is 0 Å². The first-order valence-electron chi connectivity index (χ1n) is 9.52. The van der Waals surface area contributed by atoms with Crippen LogP contribution in [0.2, 0.25) is 0 Å². The summed E-state index contributed by atoms with van der Waals surface area (Å²) in [7, 11) is 0. The molecule has 29 heavy (non-hydrogen) atoms. The fraction of sp³-hybridized carbons (Fsp3) is 0.348. The lowest BCUT2D eigenvalue weighted by atomic mass is 9.87. The molecule has 0 aromatic heterocycles. The predicted octanol–water partition coefficient (Wildman–Crippen LogP) is 3.59. The van der Waals surface area contributed by atoms with Gasteiger partial charge in [0.2, 0.25) is 0 Å². The highest BCUT2D eigenvalue weighted by Gasteiger charge is 2.19. The van der Waals surface area contributed by atoms with Crippen LogP contribution in [-0.2, 0) is 19.7 Å². The van der Waals surface area contributed by atoms with Gasteiger partial charge in [-0.25, -0.2) is 0 Å². The van der Waals surface area contributed by atoms with Crippen LogP contribution in [0.1, 0.15) is 49.2 Å². The summed E-state index contributed by atoms with van der Waals surface area (Å²) in [5.41, 5.74) is 3.26. The lowest BCUT2D eigenvalue weighted by molar-refractivity contribution is -0.152. The molecule has 2 amide bonds. The Kier molecular flexibility index (Phi) is 7.15. The van der Waals surface area contributed by atoms with E-state index in [1.54, 1.807) is 24.3 Å². The molecule has 6 heteroatoms. The van der Waals surface area contributed by atoms with Gasteiger partial charge in [0.25, 0.3) is 11.8 Å². The summed E-state index contributed by atoms with van der Waals surface area (Å²) in [5.74, 6) is -1.50. The third kappa shape index (κ3) is 6.75. The largest absolute Gasteiger partial charge is 0.451 e. The van der Waals surface area contributed by atoms with E-state index in [4.69, 9.17) is 4.74 Å². The number of carbonyl (C=O) groups is 3. The molecule has 0 aliphatic rings. The minimum absolute atomic E-state index is 0.00585. The van der Waals surface area contributed by atoms with Crippen molar-refractivity contribution in [2.45, 2.75) is 46.1 Å². The number of carbonyl (C=O) groups excluding carboxylic acids is 3. The first-order chi connectivity index (χ1) is 13.6. The lowest BCUT2D eigenvalue weighted by Gasteiger charge is -2.19. The van der Waals surface area contributed by atoms with Crippen LogP contribution in [0, 0.1) is 6.92 Å². The maximum absolute atomic E-state index is 12.2. The number of hydrogen-bond donors (Lipinski definition) is 2. The van der Waals surface area contributed by atoms with E-state index in [0.29, 0.717) is 11.3 Å². The molecule has 1 atom stereocenters. The van der Waals surface area contributed by atoms with E-state index in [1.165, 1.54) is 6.92 Å². The maximum atomic E-state index is 12.2. The molecule has 2 N–H and O–H groups in total. The van der Waals surface area contributed by atoms with E-state index < -0.39 is 18.0 Å². The molecule has 0 fully saturated rings. The maximum Gasteiger partial charge on any atom is 0.326 e. The quantitative estimate of drug-likeness (QED) is 0.731. The van der Waals surface area contributed by atoms with Crippen LogP contribution in [0.5, 0.6) is 0 Å². The van der Waals surface area contributed by atoms with Crippen molar-refractivity contribution in [3.63, 3.8) is 0 Å². The zero-order valence-electron chi connectivity index (χ0n) is 17.5. The zero-order chi connectivity index (χ0) is 21.6. The number of esters is 1. The van der Waals surface area contributed by atoms with Crippen LogP contribution in [0.4, 0.5) is 5.69 Å². The third-order valence-electron chi connectivity index (χ3n) is 4.40. The Morgan fingerprint density at radius 2 is 1.55 bits per heavy atom. The fourth-order valence-electron chi connectivity index (χ4n) is 2.55. The molecular formula is C23H28N2O4. The summed E-state index contributed by atoms with van der Waals surface area (Å²) < 4.78 is 5.09. The Morgan fingerprint density at radius 1 is 0.966 bits per heavy atom. The van der Waals surface area contributed by atoms with Gasteiger partial charge in [-0.1, -0.05) is 50.6 Å². The number of nitrogens with one attached hydrogen (secondary N) is 2. The minimum atomic E-state index is -0.980. The molecule has 2 rings (SSSR count). The molecular weight excluding hydrogens is 368 g/mol. The van der Waals surface area contributed by atoms with Crippen molar-refractivity contribution in [2.75, 3.05) is 11.9 Å². The second kappa shape index (κ2) is 9.37. The van der Waals surface area contributed by atoms with Crippen molar-refractivity contribution in [3.05, 3.63) is 65.2 Å². The Morgan fingerprint density at radius 3 is 2.10 bits per heavy atom. The smallest absolute Gasteiger partial charge is 0.326 e. The molecule has 0 saturated carbocycles. The Balaban J connectivity index is 1.81. The number of amides is 2. The monoisotopic (exact) mass is 396 g/mol. The van der Waals surface area contributed by atoms with Gasteiger partial charge in [-0.05, 0) is 49.1 Å². The van der Waals surface area contributed by atoms with Crippen LogP contribution >= 0.6 is 0 Å². The van der Waals surface area contributed by atoms with E-state index in [-0.39, 0.29) is 17.9 Å². The molecule has 6 nitrogen and oxygen atoms in total. The number of hydrogen-bond acceptors (Lipinski definition) is 4. The summed E-state index contributed by atoms with van der Waals surface area (Å²) in [6.07, 6.45) is -0.980. The summed E-state index contributed by atoms with van der Waals surface area (Å²) in [6, 6.07) is 14.5. The van der Waals surface area contributed by atoms with Crippen molar-refractivity contribution in [3.8, 4) is 0 Å². The van der Waals surface area contributed by atoms with Gasteiger partial charge in [0.1, 0.15) is 6.54 Å². The Hall–Kier alpha value is -3.15. The van der Waals surface area contributed by atoms with Gasteiger partial charge in [-0.2, -0.15) is 0 Å². The fourth-order valence-corrected chi connectivity index (χ4v) is 2.55. The lowest BCUT2D eigenvalue weighted by Crippen LogP contribution is -2.35. The molecule has 0 aliphatic carbocycles. The van der Waals surface area contributed by atoms with Crippen molar-refractivity contribution in [1.82, 2.24) is 5.32 Å². The Bertz CT molecular complexity index is 865. The molecule has 0 unspecified atom stereocenters. The SMILES string of the molecule is Cc1ccc(NC(=O)[C@H](C)OC(=O)CNC(=O)c2ccc(C(C)(C)C)cc2)cc1. The number of ether oxygens (including phenoxy) is 1. The standard InChI is InChI=1S/C23H28N2O4/c1-15-6-12-19(13-7-15)25-21(27)16(2)29-20(26)14-24-22(28)17-8-10-18(11-9-17)23(3,4)5/h6-13,16H,14H2,1-5H3,(H,24,28)(H,25,27)/t16-/m0/s1. The van der Waals surface area contributed by atoms with Gasteiger partial charge in [0.15, 0.2) is 6.10 Å². The van der Waals surface area contributed by atoms with E-state index in [2.05, 4.69) is 31.4 Å². The molecule has 0 bridgehead atoms. The molecule has 2 aromatic rings. The van der Waals surface area contributed by atoms with Crippen molar-refractivity contribution >= 4 is 23.5 Å². The van der Waals surface area contributed by atoms with E-state index >= 15 is 0 Å². The topological polar surface area (TPSA) is 84.5 Å². The second-order valence-electron chi connectivity index (χ2n) is 8.00. The van der Waals surface area contributed by atoms with Gasteiger partial charge in [0, 0.05) is 11.3 Å². The zero-order valence-corrected chi connectivity index (χ0v) is 17.5. The van der Waals surface area contributed by atoms with E-state index in [9.17, 15) is 14.4 Å². The number of anilines is 1. The van der Waals surface area contributed by atoms with Crippen LogP contribution < -0.4 is 10.6 Å². The molecule has 0 aliphatic heterocycles. The first-order valence-corrected chi connectivity index (χ1v) is 9.52. The molecule has 0 heterocycles. The number of aryl methyl sites for hydroxylation is 1. The van der Waals surface area contributed by atoms with Gasteiger partial charge in [-0.3, -0.25) is 14.4 Å². The highest BCUT2D eigenvalue weighted by Crippen LogP contribution is 2.22. The van der Waals surface area contributed by atoms with E-state index in [0.717, 1.165) is 11.1 Å². The van der Waals surface area contributed by atoms with Crippen molar-refractivity contribution in [2.24, 2.45) is 0 Å². The normalized spacial score (nSPS) is 12.0. The van der Waals surface area contributed by atoms with Gasteiger partial charge in [0.05, 0.1) is 0 Å². The second-order valence-corrected chi connectivity index (χ2v) is 8.00. The van der Waals surface area contributed by atoms with E-state index in [1.807, 2.05) is 31.2 Å². The highest BCUT2D eigenvalue weighted by molar-refractivity contribution is 5.97. The van der Waals surface area contributed by atoms with Crippen LogP contribution in [0.25, 0.3) is 0 Å². The van der Waals surface area contributed by atoms with Crippen molar-refractivity contribution in [1.29, 1.82) is 0 Å². The summed E-state index contributed by atoms with van der Waals surface area (Å²) >= 11 is 0. The molecule has 154 valence electrons.